The van der Waals surface area contributed by atoms with E-state index in [1.165, 1.54) is 16.5 Å². The Hall–Kier alpha value is -2.18. The van der Waals surface area contributed by atoms with Crippen molar-refractivity contribution in [2.24, 2.45) is 7.05 Å². The van der Waals surface area contributed by atoms with Crippen LogP contribution in [0.3, 0.4) is 0 Å². The monoisotopic (exact) mass is 352 g/mol. The van der Waals surface area contributed by atoms with Crippen LogP contribution in [0, 0.1) is 6.92 Å². The van der Waals surface area contributed by atoms with E-state index >= 15 is 0 Å². The molecule has 3 atom stereocenters. The van der Waals surface area contributed by atoms with Crippen molar-refractivity contribution in [3.05, 3.63) is 47.8 Å². The van der Waals surface area contributed by atoms with E-state index in [9.17, 15) is 0 Å². The van der Waals surface area contributed by atoms with Gasteiger partial charge in [-0.3, -0.25) is 4.90 Å². The molecule has 0 amide bonds. The molecule has 2 aliphatic rings. The summed E-state index contributed by atoms with van der Waals surface area (Å²) in [6.45, 7) is 3.88. The lowest BCUT2D eigenvalue weighted by atomic mass is 9.98. The van der Waals surface area contributed by atoms with E-state index in [0.717, 1.165) is 32.4 Å². The molecular formula is C20H24N4O2. The van der Waals surface area contributed by atoms with E-state index in [0.29, 0.717) is 17.8 Å². The molecule has 0 radical (unpaired) electrons. The minimum Gasteiger partial charge on any atom is -0.423 e. The summed E-state index contributed by atoms with van der Waals surface area (Å²) in [5.74, 6) is 1.24. The molecule has 2 aromatic heterocycles. The molecule has 2 saturated heterocycles. The smallest absolute Gasteiger partial charge is 0.245 e. The third kappa shape index (κ3) is 2.64. The Balaban J connectivity index is 1.32. The van der Waals surface area contributed by atoms with Gasteiger partial charge in [0, 0.05) is 50.2 Å². The summed E-state index contributed by atoms with van der Waals surface area (Å²) in [4.78, 5) is 2.59. The zero-order valence-corrected chi connectivity index (χ0v) is 15.3. The van der Waals surface area contributed by atoms with Gasteiger partial charge in [-0.05, 0) is 30.9 Å². The van der Waals surface area contributed by atoms with E-state index in [1.54, 1.807) is 0 Å². The summed E-state index contributed by atoms with van der Waals surface area (Å²) < 4.78 is 14.1. The molecule has 6 nitrogen and oxygen atoms in total. The van der Waals surface area contributed by atoms with Crippen LogP contribution in [0.2, 0.25) is 0 Å². The fourth-order valence-corrected chi connectivity index (χ4v) is 4.61. The summed E-state index contributed by atoms with van der Waals surface area (Å²) in [5.41, 5.74) is 2.70. The molecule has 0 spiro atoms. The molecule has 6 heteroatoms. The lowest BCUT2D eigenvalue weighted by Gasteiger charge is -2.34. The van der Waals surface area contributed by atoms with Gasteiger partial charge in [0.1, 0.15) is 6.10 Å². The van der Waals surface area contributed by atoms with Gasteiger partial charge < -0.3 is 13.7 Å². The fourth-order valence-electron chi connectivity index (χ4n) is 4.61. The number of likely N-dealkylation sites (tertiary alicyclic amines) is 1. The molecule has 0 aliphatic carbocycles. The van der Waals surface area contributed by atoms with Crippen LogP contribution in [0.1, 0.15) is 42.7 Å². The molecule has 0 bridgehead atoms. The standard InChI is InChI=1S/C20H24N4O2/c1-13-21-22-20(25-13)19-8-7-17-18(26-19)9-10-24(17)12-14-11-23(2)16-6-4-3-5-15(14)16/h3-6,11,17-19H,7-10,12H2,1-2H3/t17-,18-,19+/m0/s1. The van der Waals surface area contributed by atoms with E-state index in [-0.39, 0.29) is 12.2 Å². The summed E-state index contributed by atoms with van der Waals surface area (Å²) in [7, 11) is 2.12. The summed E-state index contributed by atoms with van der Waals surface area (Å²) in [5, 5.41) is 9.45. The minimum absolute atomic E-state index is 0.0463. The number of aromatic nitrogens is 3. The van der Waals surface area contributed by atoms with Crippen molar-refractivity contribution >= 4 is 10.9 Å². The van der Waals surface area contributed by atoms with Gasteiger partial charge in [0.2, 0.25) is 11.8 Å². The third-order valence-electron chi connectivity index (χ3n) is 5.83. The average Bonchev–Trinajstić information content (AvgIpc) is 3.34. The Morgan fingerprint density at radius 2 is 2.04 bits per heavy atom. The molecule has 0 N–H and O–H groups in total. The highest BCUT2D eigenvalue weighted by Crippen LogP contribution is 2.38. The van der Waals surface area contributed by atoms with Gasteiger partial charge in [-0.25, -0.2) is 0 Å². The van der Waals surface area contributed by atoms with Crippen molar-refractivity contribution in [3.8, 4) is 0 Å². The number of benzene rings is 1. The zero-order valence-electron chi connectivity index (χ0n) is 15.3. The van der Waals surface area contributed by atoms with Crippen molar-refractivity contribution in [1.29, 1.82) is 0 Å². The average molecular weight is 352 g/mol. The molecule has 4 heterocycles. The highest BCUT2D eigenvalue weighted by atomic mass is 16.5. The Bertz CT molecular complexity index is 931. The second kappa shape index (κ2) is 6.21. The van der Waals surface area contributed by atoms with Crippen molar-refractivity contribution in [2.45, 2.75) is 51.0 Å². The van der Waals surface area contributed by atoms with E-state index < -0.39 is 0 Å². The number of para-hydroxylation sites is 1. The molecule has 136 valence electrons. The van der Waals surface area contributed by atoms with Crippen molar-refractivity contribution in [1.82, 2.24) is 19.7 Å². The van der Waals surface area contributed by atoms with Gasteiger partial charge in [0.05, 0.1) is 6.10 Å². The molecule has 26 heavy (non-hydrogen) atoms. The third-order valence-corrected chi connectivity index (χ3v) is 5.83. The first-order chi connectivity index (χ1) is 12.7. The first-order valence-corrected chi connectivity index (χ1v) is 9.41. The van der Waals surface area contributed by atoms with Crippen LogP contribution in [0.25, 0.3) is 10.9 Å². The normalized spacial score (nSPS) is 26.5. The molecular weight excluding hydrogens is 328 g/mol. The number of fused-ring (bicyclic) bond motifs is 2. The number of hydrogen-bond donors (Lipinski definition) is 0. The lowest BCUT2D eigenvalue weighted by Crippen LogP contribution is -2.40. The van der Waals surface area contributed by atoms with Crippen LogP contribution in [0.4, 0.5) is 0 Å². The van der Waals surface area contributed by atoms with Crippen LogP contribution < -0.4 is 0 Å². The van der Waals surface area contributed by atoms with Crippen molar-refractivity contribution in [3.63, 3.8) is 0 Å². The van der Waals surface area contributed by atoms with Gasteiger partial charge in [-0.15, -0.1) is 10.2 Å². The lowest BCUT2D eigenvalue weighted by molar-refractivity contribution is -0.0818. The predicted molar refractivity (Wildman–Crippen MR) is 97.6 cm³/mol. The fraction of sp³-hybridized carbons (Fsp3) is 0.500. The second-order valence-corrected chi connectivity index (χ2v) is 7.51. The minimum atomic E-state index is -0.0463. The van der Waals surface area contributed by atoms with Crippen LogP contribution in [0.5, 0.6) is 0 Å². The van der Waals surface area contributed by atoms with Gasteiger partial charge in [-0.1, -0.05) is 18.2 Å². The molecule has 0 unspecified atom stereocenters. The maximum absolute atomic E-state index is 6.33. The maximum atomic E-state index is 6.33. The summed E-state index contributed by atoms with van der Waals surface area (Å²) >= 11 is 0. The second-order valence-electron chi connectivity index (χ2n) is 7.51. The molecule has 1 aromatic carbocycles. The molecule has 2 fully saturated rings. The van der Waals surface area contributed by atoms with E-state index in [1.807, 2.05) is 6.92 Å². The maximum Gasteiger partial charge on any atom is 0.245 e. The van der Waals surface area contributed by atoms with Gasteiger partial charge in [0.15, 0.2) is 0 Å². The Kier molecular flexibility index (Phi) is 3.83. The molecule has 3 aromatic rings. The zero-order chi connectivity index (χ0) is 17.7. The highest BCUT2D eigenvalue weighted by molar-refractivity contribution is 5.83. The number of ether oxygens (including phenoxy) is 1. The molecule has 2 aliphatic heterocycles. The first kappa shape index (κ1) is 16.0. The number of hydrogen-bond acceptors (Lipinski definition) is 5. The van der Waals surface area contributed by atoms with Gasteiger partial charge in [0.25, 0.3) is 0 Å². The number of rotatable bonds is 3. The number of aryl methyl sites for hydroxylation is 2. The van der Waals surface area contributed by atoms with Crippen LogP contribution in [-0.4, -0.2) is 38.4 Å². The first-order valence-electron chi connectivity index (χ1n) is 9.41. The molecule has 5 rings (SSSR count). The molecule has 0 saturated carbocycles. The Morgan fingerprint density at radius 3 is 2.88 bits per heavy atom. The van der Waals surface area contributed by atoms with Crippen LogP contribution >= 0.6 is 0 Å². The SMILES string of the molecule is Cc1nnc([C@H]2CC[C@H]3[C@H](CCN3Cc3cn(C)c4ccccc34)O2)o1. The topological polar surface area (TPSA) is 56.3 Å². The van der Waals surface area contributed by atoms with Gasteiger partial charge in [-0.2, -0.15) is 0 Å². The van der Waals surface area contributed by atoms with E-state index in [2.05, 4.69) is 57.2 Å². The largest absolute Gasteiger partial charge is 0.423 e. The van der Waals surface area contributed by atoms with E-state index in [4.69, 9.17) is 9.15 Å². The predicted octanol–water partition coefficient (Wildman–Crippen LogP) is 3.36. The van der Waals surface area contributed by atoms with Crippen LogP contribution in [0.15, 0.2) is 34.9 Å². The quantitative estimate of drug-likeness (QED) is 0.723. The number of nitrogens with zero attached hydrogens (tertiary/aromatic N) is 4. The highest BCUT2D eigenvalue weighted by Gasteiger charge is 2.41. The van der Waals surface area contributed by atoms with Crippen molar-refractivity contribution in [2.75, 3.05) is 6.54 Å². The van der Waals surface area contributed by atoms with Gasteiger partial charge >= 0.3 is 0 Å². The Morgan fingerprint density at radius 1 is 1.15 bits per heavy atom. The summed E-state index contributed by atoms with van der Waals surface area (Å²) in [6.07, 6.45) is 5.60. The van der Waals surface area contributed by atoms with Crippen LogP contribution in [-0.2, 0) is 18.3 Å². The summed E-state index contributed by atoms with van der Waals surface area (Å²) in [6, 6.07) is 9.12. The van der Waals surface area contributed by atoms with Crippen molar-refractivity contribution < 1.29 is 9.15 Å². The Labute approximate surface area is 152 Å².